The first-order valence-corrected chi connectivity index (χ1v) is 19.6. The minimum Gasteiger partial charge on any atom is -0.489 e. The number of anilines is 1. The molecule has 8 rings (SSSR count). The maximum Gasteiger partial charge on any atom is 0.262 e. The van der Waals surface area contributed by atoms with Crippen LogP contribution in [0.25, 0.3) is 4.85 Å². The largest absolute Gasteiger partial charge is 0.489 e. The number of carbonyl (C=O) groups is 5. The van der Waals surface area contributed by atoms with Gasteiger partial charge in [0.1, 0.15) is 17.9 Å². The van der Waals surface area contributed by atoms with Crippen LogP contribution in [-0.2, 0) is 22.7 Å². The number of imide groups is 2. The molecule has 0 spiro atoms. The highest BCUT2D eigenvalue weighted by Gasteiger charge is 2.63. The molecule has 0 bridgehead atoms. The molecule has 4 heterocycles. The van der Waals surface area contributed by atoms with E-state index < -0.39 is 29.7 Å². The van der Waals surface area contributed by atoms with Gasteiger partial charge in [-0.25, -0.2) is 4.85 Å². The molecule has 12 nitrogen and oxygen atoms in total. The van der Waals surface area contributed by atoms with Crippen molar-refractivity contribution in [1.82, 2.24) is 20.0 Å². The van der Waals surface area contributed by atoms with Crippen LogP contribution in [0.2, 0.25) is 5.02 Å². The summed E-state index contributed by atoms with van der Waals surface area (Å²) in [6.45, 7) is 19.5. The zero-order valence-corrected chi connectivity index (χ0v) is 32.7. The first kappa shape index (κ1) is 37.7. The molecule has 3 aromatic carbocycles. The van der Waals surface area contributed by atoms with E-state index in [2.05, 4.69) is 48.1 Å². The van der Waals surface area contributed by atoms with Gasteiger partial charge in [-0.05, 0) is 84.8 Å². The summed E-state index contributed by atoms with van der Waals surface area (Å²) in [4.78, 5) is 72.9. The van der Waals surface area contributed by atoms with E-state index in [1.54, 1.807) is 30.3 Å². The molecule has 2 saturated heterocycles. The van der Waals surface area contributed by atoms with Crippen LogP contribution in [-0.4, -0.2) is 82.1 Å². The Hall–Kier alpha value is -5.25. The summed E-state index contributed by atoms with van der Waals surface area (Å²) in [5.74, 6) is -0.891. The predicted octanol–water partition coefficient (Wildman–Crippen LogP) is 6.45. The van der Waals surface area contributed by atoms with Gasteiger partial charge in [0.05, 0.1) is 22.7 Å². The lowest BCUT2D eigenvalue weighted by Crippen LogP contribution is -2.72. The number of carbonyl (C=O) groups excluding carboxylic acids is 5. The molecule has 1 atom stereocenters. The van der Waals surface area contributed by atoms with Crippen molar-refractivity contribution in [2.75, 3.05) is 25.0 Å². The molecule has 0 unspecified atom stereocenters. The van der Waals surface area contributed by atoms with Crippen molar-refractivity contribution in [1.29, 1.82) is 0 Å². The van der Waals surface area contributed by atoms with E-state index >= 15 is 0 Å². The number of amides is 5. The highest BCUT2D eigenvalue weighted by Crippen LogP contribution is 2.56. The normalized spacial score (nSPS) is 24.2. The molecule has 3 aromatic rings. The van der Waals surface area contributed by atoms with E-state index in [1.807, 2.05) is 29.2 Å². The van der Waals surface area contributed by atoms with E-state index in [-0.39, 0.29) is 41.7 Å². The van der Waals surface area contributed by atoms with Crippen molar-refractivity contribution in [3.05, 3.63) is 98.9 Å². The van der Waals surface area contributed by atoms with Gasteiger partial charge < -0.3 is 15.0 Å². The lowest BCUT2D eigenvalue weighted by molar-refractivity contribution is -0.147. The molecule has 5 amide bonds. The van der Waals surface area contributed by atoms with Crippen LogP contribution in [0.1, 0.15) is 95.6 Å². The molecule has 4 aliphatic heterocycles. The van der Waals surface area contributed by atoms with Crippen molar-refractivity contribution in [2.45, 2.75) is 84.7 Å². The highest BCUT2D eigenvalue weighted by molar-refractivity contribution is 6.33. The Morgan fingerprint density at radius 1 is 0.911 bits per heavy atom. The lowest BCUT2D eigenvalue weighted by Gasteiger charge is -2.63. The summed E-state index contributed by atoms with van der Waals surface area (Å²) in [7, 11) is 0. The number of hydrogen-bond acceptors (Lipinski definition) is 8. The second kappa shape index (κ2) is 14.0. The molecular formula is C43H45ClN6O6. The fraction of sp³-hybridized carbons (Fsp3) is 0.442. The van der Waals surface area contributed by atoms with E-state index in [1.165, 1.54) is 0 Å². The topological polar surface area (TPSA) is 133 Å². The first-order valence-electron chi connectivity index (χ1n) is 19.2. The van der Waals surface area contributed by atoms with E-state index in [0.717, 1.165) is 41.1 Å². The van der Waals surface area contributed by atoms with Gasteiger partial charge in [-0.2, -0.15) is 0 Å². The molecule has 3 fully saturated rings. The summed E-state index contributed by atoms with van der Waals surface area (Å²) < 4.78 is 6.43. The summed E-state index contributed by atoms with van der Waals surface area (Å²) in [5.41, 5.74) is 4.21. The molecule has 2 N–H and O–H groups in total. The number of ether oxygens (including phenoxy) is 1. The van der Waals surface area contributed by atoms with Crippen LogP contribution in [0.5, 0.6) is 5.75 Å². The van der Waals surface area contributed by atoms with Gasteiger partial charge in [0.2, 0.25) is 17.5 Å². The molecular weight excluding hydrogens is 732 g/mol. The van der Waals surface area contributed by atoms with Crippen LogP contribution < -0.4 is 15.4 Å². The Morgan fingerprint density at radius 3 is 2.11 bits per heavy atom. The van der Waals surface area contributed by atoms with E-state index in [9.17, 15) is 24.0 Å². The second-order valence-corrected chi connectivity index (χ2v) is 17.4. The lowest BCUT2D eigenvalue weighted by atomic mass is 9.49. The van der Waals surface area contributed by atoms with Gasteiger partial charge >= 0.3 is 0 Å². The van der Waals surface area contributed by atoms with Gasteiger partial charge in [0.15, 0.2) is 0 Å². The standard InChI is InChI=1S/C43H45ClN6O6/c1-42(2)40(43(3,4)41(42)56-29-10-11-33(45-5)32(44)20-29)46-28-8-6-25(7-9-28)37(53)49-16-14-24(15-17-49)21-48-22-26-18-30-31(19-27(26)23-48)39(55)50(38(30)54)34-12-13-35(51)47-36(34)52/h6-11,18-20,24,34,40-41,46H,12-17,21-23H2,1-4H3,(H,47,51,52)/t34-,40?,41?/m0/s1. The smallest absolute Gasteiger partial charge is 0.262 e. The minimum absolute atomic E-state index is 0.0273. The molecule has 1 saturated carbocycles. The van der Waals surface area contributed by atoms with E-state index in [4.69, 9.17) is 22.9 Å². The third kappa shape index (κ3) is 6.50. The van der Waals surface area contributed by atoms with Crippen LogP contribution in [0.3, 0.4) is 0 Å². The average molecular weight is 777 g/mol. The number of hydrogen-bond donors (Lipinski definition) is 2. The van der Waals surface area contributed by atoms with Gasteiger partial charge in [-0.1, -0.05) is 45.4 Å². The number of fused-ring (bicyclic) bond motifs is 2. The molecule has 290 valence electrons. The Bertz CT molecular complexity index is 2140. The summed E-state index contributed by atoms with van der Waals surface area (Å²) in [6, 6.07) is 15.6. The van der Waals surface area contributed by atoms with Gasteiger partial charge in [0, 0.05) is 67.3 Å². The van der Waals surface area contributed by atoms with E-state index in [0.29, 0.717) is 65.2 Å². The Balaban J connectivity index is 0.821. The zero-order valence-electron chi connectivity index (χ0n) is 32.0. The zero-order chi connectivity index (χ0) is 39.7. The third-order valence-electron chi connectivity index (χ3n) is 12.5. The highest BCUT2D eigenvalue weighted by atomic mass is 35.5. The maximum absolute atomic E-state index is 13.6. The van der Waals surface area contributed by atoms with Crippen LogP contribution in [0, 0.1) is 23.3 Å². The molecule has 56 heavy (non-hydrogen) atoms. The Morgan fingerprint density at radius 2 is 1.54 bits per heavy atom. The Labute approximate surface area is 331 Å². The number of likely N-dealkylation sites (tertiary alicyclic amines) is 1. The van der Waals surface area contributed by atoms with Crippen molar-refractivity contribution in [2.24, 2.45) is 16.7 Å². The number of rotatable bonds is 8. The van der Waals surface area contributed by atoms with Crippen molar-refractivity contribution < 1.29 is 28.7 Å². The summed E-state index contributed by atoms with van der Waals surface area (Å²) >= 11 is 6.27. The first-order chi connectivity index (χ1) is 26.6. The van der Waals surface area contributed by atoms with Crippen molar-refractivity contribution in [3.63, 3.8) is 0 Å². The monoisotopic (exact) mass is 776 g/mol. The molecule has 5 aliphatic rings. The SMILES string of the molecule is [C-]#[N+]c1ccc(OC2C(C)(C)C(Nc3ccc(C(=O)N4CCC(CN5Cc6cc7c(cc6C5)C(=O)N([C@H]5CCC(=O)NC5=O)C7=O)CC4)cc3)C2(C)C)cc1Cl. The maximum atomic E-state index is 13.6. The Kier molecular flexibility index (Phi) is 9.45. The fourth-order valence-corrected chi connectivity index (χ4v) is 10.1. The predicted molar refractivity (Wildman–Crippen MR) is 209 cm³/mol. The summed E-state index contributed by atoms with van der Waals surface area (Å²) in [5, 5.41) is 6.31. The number of nitrogens with zero attached hydrogens (tertiary/aromatic N) is 4. The minimum atomic E-state index is -0.974. The van der Waals surface area contributed by atoms with Crippen LogP contribution in [0.4, 0.5) is 11.4 Å². The number of piperidine rings is 2. The van der Waals surface area contributed by atoms with Crippen LogP contribution >= 0.6 is 11.6 Å². The fourth-order valence-electron chi connectivity index (χ4n) is 9.90. The van der Waals surface area contributed by atoms with Crippen LogP contribution in [0.15, 0.2) is 54.6 Å². The third-order valence-corrected chi connectivity index (χ3v) is 12.8. The number of benzene rings is 3. The van der Waals surface area contributed by atoms with Crippen molar-refractivity contribution in [3.8, 4) is 5.75 Å². The van der Waals surface area contributed by atoms with Gasteiger partial charge in [-0.15, -0.1) is 0 Å². The average Bonchev–Trinajstić information content (AvgIpc) is 3.67. The molecule has 1 aliphatic carbocycles. The summed E-state index contributed by atoms with van der Waals surface area (Å²) in [6.07, 6.45) is 1.90. The van der Waals surface area contributed by atoms with Gasteiger partial charge in [-0.3, -0.25) is 39.1 Å². The van der Waals surface area contributed by atoms with Crippen molar-refractivity contribution >= 4 is 52.5 Å². The van der Waals surface area contributed by atoms with Gasteiger partial charge in [0.25, 0.3) is 17.7 Å². The number of nitrogens with one attached hydrogen (secondary N) is 2. The second-order valence-electron chi connectivity index (χ2n) is 17.0. The molecule has 0 aromatic heterocycles. The quantitative estimate of drug-likeness (QED) is 0.197. The molecule has 0 radical (unpaired) electrons. The molecule has 13 heteroatoms. The number of halogens is 1.